The summed E-state index contributed by atoms with van der Waals surface area (Å²) in [6, 6.07) is 2.43. The summed E-state index contributed by atoms with van der Waals surface area (Å²) < 4.78 is 5.33. The molecule has 2 aromatic rings. The van der Waals surface area contributed by atoms with Gasteiger partial charge in [0.05, 0.1) is 16.6 Å². The van der Waals surface area contributed by atoms with Gasteiger partial charge in [-0.15, -0.1) is 0 Å². The van der Waals surface area contributed by atoms with Crippen LogP contribution in [0.3, 0.4) is 0 Å². The third-order valence-electron chi connectivity index (χ3n) is 4.79. The molecule has 0 bridgehead atoms. The van der Waals surface area contributed by atoms with Crippen LogP contribution in [-0.4, -0.2) is 58.1 Å². The Morgan fingerprint density at radius 3 is 2.42 bits per heavy atom. The molecule has 0 unspecified atom stereocenters. The fourth-order valence-corrected chi connectivity index (χ4v) is 3.19. The SMILES string of the molecule is Cc1noc2nc(C(C)C)cc(C(=O)N3CCN(C(C)C)CC3)c12. The van der Waals surface area contributed by atoms with Crippen molar-refractivity contribution in [3.8, 4) is 0 Å². The van der Waals surface area contributed by atoms with E-state index in [0.29, 0.717) is 17.3 Å². The van der Waals surface area contributed by atoms with Crippen molar-refractivity contribution in [1.82, 2.24) is 19.9 Å². The van der Waals surface area contributed by atoms with E-state index in [1.165, 1.54) is 0 Å². The fraction of sp³-hybridized carbons (Fsp3) is 0.611. The lowest BCUT2D eigenvalue weighted by Crippen LogP contribution is -2.50. The largest absolute Gasteiger partial charge is 0.336 e. The molecule has 0 aliphatic carbocycles. The molecular weight excluding hydrogens is 304 g/mol. The van der Waals surface area contributed by atoms with Gasteiger partial charge in [-0.1, -0.05) is 19.0 Å². The van der Waals surface area contributed by atoms with Gasteiger partial charge in [0.1, 0.15) is 0 Å². The highest BCUT2D eigenvalue weighted by molar-refractivity contribution is 6.06. The summed E-state index contributed by atoms with van der Waals surface area (Å²) in [5, 5.41) is 4.75. The number of nitrogens with zero attached hydrogens (tertiary/aromatic N) is 4. The first-order valence-electron chi connectivity index (χ1n) is 8.68. The molecule has 1 aliphatic rings. The third kappa shape index (κ3) is 3.02. The second kappa shape index (κ2) is 6.51. The summed E-state index contributed by atoms with van der Waals surface area (Å²) in [5.74, 6) is 0.281. The van der Waals surface area contributed by atoms with Crippen LogP contribution in [0.1, 0.15) is 55.4 Å². The van der Waals surface area contributed by atoms with Gasteiger partial charge in [-0.2, -0.15) is 0 Å². The van der Waals surface area contributed by atoms with E-state index < -0.39 is 0 Å². The first-order valence-corrected chi connectivity index (χ1v) is 8.68. The van der Waals surface area contributed by atoms with Gasteiger partial charge in [-0.25, -0.2) is 4.98 Å². The van der Waals surface area contributed by atoms with E-state index in [9.17, 15) is 4.79 Å². The molecule has 1 aliphatic heterocycles. The van der Waals surface area contributed by atoms with Crippen LogP contribution in [0.5, 0.6) is 0 Å². The molecule has 6 heteroatoms. The van der Waals surface area contributed by atoms with Gasteiger partial charge in [0, 0.05) is 37.9 Å². The van der Waals surface area contributed by atoms with Crippen molar-refractivity contribution in [2.75, 3.05) is 26.2 Å². The Morgan fingerprint density at radius 1 is 1.17 bits per heavy atom. The van der Waals surface area contributed by atoms with Gasteiger partial charge in [0.25, 0.3) is 11.6 Å². The lowest BCUT2D eigenvalue weighted by molar-refractivity contribution is 0.0597. The zero-order valence-electron chi connectivity index (χ0n) is 15.2. The molecule has 0 N–H and O–H groups in total. The highest BCUT2D eigenvalue weighted by Crippen LogP contribution is 2.26. The molecule has 0 aromatic carbocycles. The average molecular weight is 330 g/mol. The topological polar surface area (TPSA) is 62.5 Å². The van der Waals surface area contributed by atoms with Crippen LogP contribution in [0.15, 0.2) is 10.6 Å². The number of hydrogen-bond acceptors (Lipinski definition) is 5. The van der Waals surface area contributed by atoms with Gasteiger partial charge >= 0.3 is 0 Å². The van der Waals surface area contributed by atoms with E-state index in [-0.39, 0.29) is 11.8 Å². The van der Waals surface area contributed by atoms with Crippen LogP contribution in [-0.2, 0) is 0 Å². The van der Waals surface area contributed by atoms with Gasteiger partial charge in [0.2, 0.25) is 0 Å². The molecule has 0 radical (unpaired) electrons. The molecular formula is C18H26N4O2. The van der Waals surface area contributed by atoms with E-state index in [1.54, 1.807) is 0 Å². The Hall–Kier alpha value is -1.95. The number of carbonyl (C=O) groups excluding carboxylic acids is 1. The summed E-state index contributed by atoms with van der Waals surface area (Å²) in [6.45, 7) is 13.7. The first kappa shape index (κ1) is 16.9. The molecule has 0 atom stereocenters. The van der Waals surface area contributed by atoms with Crippen molar-refractivity contribution in [3.05, 3.63) is 23.0 Å². The maximum absolute atomic E-state index is 13.1. The Morgan fingerprint density at radius 2 is 1.83 bits per heavy atom. The zero-order chi connectivity index (χ0) is 17.4. The number of pyridine rings is 1. The van der Waals surface area contributed by atoms with Crippen molar-refractivity contribution in [2.24, 2.45) is 0 Å². The second-order valence-electron chi connectivity index (χ2n) is 7.12. The lowest BCUT2D eigenvalue weighted by atomic mass is 10.0. The first-order chi connectivity index (χ1) is 11.4. The lowest BCUT2D eigenvalue weighted by Gasteiger charge is -2.37. The van der Waals surface area contributed by atoms with E-state index in [2.05, 4.69) is 42.7 Å². The van der Waals surface area contributed by atoms with Crippen molar-refractivity contribution in [2.45, 2.75) is 46.6 Å². The summed E-state index contributed by atoms with van der Waals surface area (Å²) >= 11 is 0. The normalized spacial score (nSPS) is 16.5. The molecule has 3 rings (SSSR count). The Kier molecular flexibility index (Phi) is 4.58. The predicted octanol–water partition coefficient (Wildman–Crippen LogP) is 2.82. The highest BCUT2D eigenvalue weighted by Gasteiger charge is 2.27. The van der Waals surface area contributed by atoms with Gasteiger partial charge in [-0.3, -0.25) is 9.69 Å². The number of aryl methyl sites for hydroxylation is 1. The second-order valence-corrected chi connectivity index (χ2v) is 7.12. The Labute approximate surface area is 142 Å². The Balaban J connectivity index is 1.93. The number of amides is 1. The molecule has 24 heavy (non-hydrogen) atoms. The van der Waals surface area contributed by atoms with Crippen LogP contribution in [0.25, 0.3) is 11.1 Å². The van der Waals surface area contributed by atoms with Crippen molar-refractivity contribution >= 4 is 17.0 Å². The van der Waals surface area contributed by atoms with E-state index in [1.807, 2.05) is 17.9 Å². The quantitative estimate of drug-likeness (QED) is 0.866. The minimum absolute atomic E-state index is 0.0546. The predicted molar refractivity (Wildman–Crippen MR) is 93.2 cm³/mol. The van der Waals surface area contributed by atoms with Crippen LogP contribution >= 0.6 is 0 Å². The minimum Gasteiger partial charge on any atom is -0.336 e. The fourth-order valence-electron chi connectivity index (χ4n) is 3.19. The number of carbonyl (C=O) groups is 1. The molecule has 1 fully saturated rings. The summed E-state index contributed by atoms with van der Waals surface area (Å²) in [5.41, 5.74) is 2.71. The summed E-state index contributed by atoms with van der Waals surface area (Å²) in [7, 11) is 0. The highest BCUT2D eigenvalue weighted by atomic mass is 16.5. The van der Waals surface area contributed by atoms with Crippen LogP contribution in [0.4, 0.5) is 0 Å². The number of piperazine rings is 1. The number of hydrogen-bond donors (Lipinski definition) is 0. The molecule has 6 nitrogen and oxygen atoms in total. The summed E-state index contributed by atoms with van der Waals surface area (Å²) in [6.07, 6.45) is 0. The smallest absolute Gasteiger partial charge is 0.259 e. The van der Waals surface area contributed by atoms with Gasteiger partial charge < -0.3 is 9.42 Å². The van der Waals surface area contributed by atoms with Crippen LogP contribution in [0, 0.1) is 6.92 Å². The van der Waals surface area contributed by atoms with Crippen molar-refractivity contribution < 1.29 is 9.32 Å². The van der Waals surface area contributed by atoms with Crippen LogP contribution < -0.4 is 0 Å². The minimum atomic E-state index is 0.0546. The molecule has 0 saturated carbocycles. The number of fused-ring (bicyclic) bond motifs is 1. The van der Waals surface area contributed by atoms with Gasteiger partial charge in [0.15, 0.2) is 0 Å². The molecule has 3 heterocycles. The molecule has 130 valence electrons. The Bertz CT molecular complexity index is 743. The van der Waals surface area contributed by atoms with Gasteiger partial charge in [-0.05, 0) is 32.8 Å². The molecule has 0 spiro atoms. The van der Waals surface area contributed by atoms with Crippen molar-refractivity contribution in [1.29, 1.82) is 0 Å². The standard InChI is InChI=1S/C18H26N4O2/c1-11(2)15-10-14(16-13(5)20-24-17(16)19-15)18(23)22-8-6-21(7-9-22)12(3)4/h10-12H,6-9H2,1-5H3. The zero-order valence-corrected chi connectivity index (χ0v) is 15.2. The average Bonchev–Trinajstić information content (AvgIpc) is 2.94. The van der Waals surface area contributed by atoms with E-state index in [0.717, 1.165) is 43.0 Å². The molecule has 2 aromatic heterocycles. The van der Waals surface area contributed by atoms with E-state index in [4.69, 9.17) is 4.52 Å². The van der Waals surface area contributed by atoms with Crippen molar-refractivity contribution in [3.63, 3.8) is 0 Å². The monoisotopic (exact) mass is 330 g/mol. The number of aromatic nitrogens is 2. The number of rotatable bonds is 3. The van der Waals surface area contributed by atoms with E-state index >= 15 is 0 Å². The molecule has 1 saturated heterocycles. The van der Waals surface area contributed by atoms with Crippen LogP contribution in [0.2, 0.25) is 0 Å². The summed E-state index contributed by atoms with van der Waals surface area (Å²) in [4.78, 5) is 22.0. The maximum Gasteiger partial charge on any atom is 0.259 e. The maximum atomic E-state index is 13.1. The molecule has 1 amide bonds. The third-order valence-corrected chi connectivity index (χ3v) is 4.79.